The summed E-state index contributed by atoms with van der Waals surface area (Å²) < 4.78 is 0. The predicted molar refractivity (Wildman–Crippen MR) is 86.2 cm³/mol. The molecule has 0 spiro atoms. The fourth-order valence-corrected chi connectivity index (χ4v) is 2.19. The van der Waals surface area contributed by atoms with Crippen molar-refractivity contribution in [3.8, 4) is 0 Å². The number of aliphatic carboxylic acids is 1. The molecule has 0 radical (unpaired) electrons. The molecule has 2 atom stereocenters. The Bertz CT molecular complexity index is 810. The minimum absolute atomic E-state index is 0.252. The van der Waals surface area contributed by atoms with Crippen molar-refractivity contribution in [1.29, 1.82) is 0 Å². The Morgan fingerprint density at radius 1 is 1.04 bits per heavy atom. The molecule has 0 aromatic heterocycles. The summed E-state index contributed by atoms with van der Waals surface area (Å²) in [5, 5.41) is 43.8. The number of carboxylic acid groups (broad SMARTS) is 1. The number of carboxylic acids is 1. The fourth-order valence-electron chi connectivity index (χ4n) is 2.19. The number of hydrogen-bond acceptors (Lipinski definition) is 7. The van der Waals surface area contributed by atoms with Crippen LogP contribution < -0.4 is 5.32 Å². The summed E-state index contributed by atoms with van der Waals surface area (Å²) in [7, 11) is 0. The van der Waals surface area contributed by atoms with Crippen LogP contribution in [0.15, 0.2) is 48.5 Å². The lowest BCUT2D eigenvalue weighted by molar-refractivity contribution is -0.393. The lowest BCUT2D eigenvalue weighted by Gasteiger charge is -2.21. The summed E-state index contributed by atoms with van der Waals surface area (Å²) >= 11 is 0. The first-order chi connectivity index (χ1) is 11.8. The Balaban J connectivity index is 2.38. The highest BCUT2D eigenvalue weighted by atomic mass is 16.6. The van der Waals surface area contributed by atoms with Crippen LogP contribution in [0.2, 0.25) is 0 Å². The normalized spacial score (nSPS) is 12.8. The third kappa shape index (κ3) is 4.06. The number of nitrogens with zero attached hydrogens (tertiary/aromatic N) is 2. The topological polar surface area (TPSA) is 156 Å². The van der Waals surface area contributed by atoms with Crippen LogP contribution in [0.4, 0.5) is 17.1 Å². The zero-order chi connectivity index (χ0) is 18.6. The Kier molecular flexibility index (Phi) is 5.25. The molecule has 2 unspecified atom stereocenters. The van der Waals surface area contributed by atoms with Gasteiger partial charge in [-0.2, -0.15) is 0 Å². The Morgan fingerprint density at radius 2 is 1.68 bits per heavy atom. The molecule has 0 bridgehead atoms. The van der Waals surface area contributed by atoms with E-state index >= 15 is 0 Å². The van der Waals surface area contributed by atoms with Crippen LogP contribution in [0.1, 0.15) is 11.7 Å². The van der Waals surface area contributed by atoms with E-state index in [1.165, 1.54) is 12.1 Å². The van der Waals surface area contributed by atoms with Gasteiger partial charge in [0.15, 0.2) is 6.04 Å². The highest BCUT2D eigenvalue weighted by molar-refractivity contribution is 5.80. The van der Waals surface area contributed by atoms with Gasteiger partial charge in [0, 0.05) is 6.07 Å². The molecule has 2 aromatic carbocycles. The second-order valence-corrected chi connectivity index (χ2v) is 5.03. The van der Waals surface area contributed by atoms with E-state index in [9.17, 15) is 35.2 Å². The van der Waals surface area contributed by atoms with Gasteiger partial charge >= 0.3 is 5.97 Å². The van der Waals surface area contributed by atoms with Crippen LogP contribution in [-0.4, -0.2) is 32.1 Å². The first kappa shape index (κ1) is 17.8. The van der Waals surface area contributed by atoms with Gasteiger partial charge in [0.1, 0.15) is 11.8 Å². The summed E-state index contributed by atoms with van der Waals surface area (Å²) in [5.41, 5.74) is -1.13. The first-order valence-corrected chi connectivity index (χ1v) is 6.96. The summed E-state index contributed by atoms with van der Waals surface area (Å²) in [5.74, 6) is -1.44. The second-order valence-electron chi connectivity index (χ2n) is 5.03. The van der Waals surface area contributed by atoms with Gasteiger partial charge in [-0.05, 0) is 11.6 Å². The second kappa shape index (κ2) is 7.36. The molecule has 0 aliphatic rings. The van der Waals surface area contributed by atoms with Gasteiger partial charge in [-0.15, -0.1) is 0 Å². The summed E-state index contributed by atoms with van der Waals surface area (Å²) in [6.07, 6.45) is -1.49. The number of non-ortho nitro benzene ring substituents is 1. The smallest absolute Gasteiger partial charge is 0.329 e. The molecule has 25 heavy (non-hydrogen) atoms. The summed E-state index contributed by atoms with van der Waals surface area (Å²) in [4.78, 5) is 31.7. The van der Waals surface area contributed by atoms with Crippen LogP contribution in [0.5, 0.6) is 0 Å². The minimum atomic E-state index is -1.59. The van der Waals surface area contributed by atoms with Gasteiger partial charge < -0.3 is 15.5 Å². The van der Waals surface area contributed by atoms with Crippen LogP contribution in [-0.2, 0) is 4.79 Å². The van der Waals surface area contributed by atoms with Crippen molar-refractivity contribution in [3.63, 3.8) is 0 Å². The lowest BCUT2D eigenvalue weighted by Crippen LogP contribution is -2.35. The van der Waals surface area contributed by atoms with Gasteiger partial charge in [0.2, 0.25) is 0 Å². The molecule has 0 saturated carbocycles. The zero-order valence-corrected chi connectivity index (χ0v) is 12.6. The van der Waals surface area contributed by atoms with E-state index < -0.39 is 39.3 Å². The number of nitro groups is 2. The molecule has 0 aliphatic heterocycles. The minimum Gasteiger partial charge on any atom is -0.480 e. The highest BCUT2D eigenvalue weighted by Gasteiger charge is 2.30. The maximum absolute atomic E-state index is 11.5. The molecule has 10 heteroatoms. The van der Waals surface area contributed by atoms with E-state index in [0.29, 0.717) is 5.56 Å². The monoisotopic (exact) mass is 347 g/mol. The Hall–Kier alpha value is -3.53. The molecule has 0 saturated heterocycles. The number of benzene rings is 2. The third-order valence-electron chi connectivity index (χ3n) is 3.42. The highest BCUT2D eigenvalue weighted by Crippen LogP contribution is 2.31. The fraction of sp³-hybridized carbons (Fsp3) is 0.133. The van der Waals surface area contributed by atoms with Crippen molar-refractivity contribution in [2.45, 2.75) is 12.1 Å². The van der Waals surface area contributed by atoms with Gasteiger partial charge in [0.25, 0.3) is 11.4 Å². The van der Waals surface area contributed by atoms with Crippen molar-refractivity contribution in [1.82, 2.24) is 0 Å². The van der Waals surface area contributed by atoms with Crippen LogP contribution in [0.3, 0.4) is 0 Å². The molecule has 10 nitrogen and oxygen atoms in total. The van der Waals surface area contributed by atoms with E-state index in [1.807, 2.05) is 0 Å². The molecule has 130 valence electrons. The standard InChI is InChI=1S/C15H13N3O7/c19-14(9-4-2-1-3-5-9)13(15(20)21)16-11-7-6-10(17(22)23)8-12(11)18(24)25/h1-8,13-14,16,19H,(H,20,21). The van der Waals surface area contributed by atoms with E-state index in [-0.39, 0.29) is 5.69 Å². The van der Waals surface area contributed by atoms with E-state index in [4.69, 9.17) is 0 Å². The number of carbonyl (C=O) groups is 1. The molecule has 3 N–H and O–H groups in total. The van der Waals surface area contributed by atoms with Crippen molar-refractivity contribution in [2.75, 3.05) is 5.32 Å². The van der Waals surface area contributed by atoms with Gasteiger partial charge in [-0.3, -0.25) is 20.2 Å². The predicted octanol–water partition coefficient (Wildman–Crippen LogP) is 2.10. The number of hydrogen-bond donors (Lipinski definition) is 3. The maximum atomic E-state index is 11.5. The average molecular weight is 347 g/mol. The Labute approximate surface area is 140 Å². The first-order valence-electron chi connectivity index (χ1n) is 6.96. The molecule has 2 rings (SSSR count). The van der Waals surface area contributed by atoms with Crippen LogP contribution >= 0.6 is 0 Å². The number of nitrogens with one attached hydrogen (secondary N) is 1. The number of aliphatic hydroxyl groups is 1. The van der Waals surface area contributed by atoms with E-state index in [0.717, 1.165) is 18.2 Å². The van der Waals surface area contributed by atoms with Crippen LogP contribution in [0, 0.1) is 20.2 Å². The Morgan fingerprint density at radius 3 is 2.20 bits per heavy atom. The maximum Gasteiger partial charge on any atom is 0.329 e. The molecular formula is C15H13N3O7. The molecule has 0 fully saturated rings. The summed E-state index contributed by atoms with van der Waals surface area (Å²) in [6.45, 7) is 0. The molecule has 0 amide bonds. The largest absolute Gasteiger partial charge is 0.480 e. The molecule has 2 aromatic rings. The molecule has 0 aliphatic carbocycles. The number of nitro benzene ring substituents is 2. The van der Waals surface area contributed by atoms with E-state index in [1.54, 1.807) is 18.2 Å². The number of anilines is 1. The zero-order valence-electron chi connectivity index (χ0n) is 12.6. The third-order valence-corrected chi connectivity index (χ3v) is 3.42. The average Bonchev–Trinajstić information content (AvgIpc) is 2.59. The quantitative estimate of drug-likeness (QED) is 0.508. The van der Waals surface area contributed by atoms with Gasteiger partial charge in [-0.1, -0.05) is 30.3 Å². The molecular weight excluding hydrogens is 334 g/mol. The molecule has 0 heterocycles. The van der Waals surface area contributed by atoms with Crippen molar-refractivity contribution in [3.05, 3.63) is 74.3 Å². The van der Waals surface area contributed by atoms with Crippen molar-refractivity contribution < 1.29 is 24.9 Å². The van der Waals surface area contributed by atoms with Crippen LogP contribution in [0.25, 0.3) is 0 Å². The van der Waals surface area contributed by atoms with Crippen molar-refractivity contribution >= 4 is 23.0 Å². The number of aliphatic hydroxyl groups excluding tert-OH is 1. The van der Waals surface area contributed by atoms with Gasteiger partial charge in [-0.25, -0.2) is 4.79 Å². The summed E-state index contributed by atoms with van der Waals surface area (Å²) in [6, 6.07) is 9.06. The van der Waals surface area contributed by atoms with E-state index in [2.05, 4.69) is 5.32 Å². The van der Waals surface area contributed by atoms with Crippen molar-refractivity contribution in [2.24, 2.45) is 0 Å². The number of rotatable bonds is 7. The lowest BCUT2D eigenvalue weighted by atomic mass is 10.0. The SMILES string of the molecule is O=C(O)C(Nc1ccc([N+](=O)[O-])cc1[N+](=O)[O-])C(O)c1ccccc1. The van der Waals surface area contributed by atoms with Gasteiger partial charge in [0.05, 0.1) is 15.9 Å².